The third kappa shape index (κ3) is 5.21. The average Bonchev–Trinajstić information content (AvgIpc) is 2.99. The Kier molecular flexibility index (Phi) is 6.29. The van der Waals surface area contributed by atoms with Gasteiger partial charge in [-0.3, -0.25) is 4.72 Å². The average molecular weight is 471 g/mol. The maximum absolute atomic E-state index is 12.6. The number of halogens is 3. The Morgan fingerprint density at radius 2 is 1.74 bits per heavy atom. The molecule has 0 aromatic heterocycles. The first-order chi connectivity index (χ1) is 14.6. The van der Waals surface area contributed by atoms with Crippen molar-refractivity contribution in [1.82, 2.24) is 4.90 Å². The van der Waals surface area contributed by atoms with Crippen molar-refractivity contribution in [2.45, 2.75) is 41.0 Å². The fraction of sp³-hybridized carbons (Fsp3) is 0.455. The van der Waals surface area contributed by atoms with Crippen LogP contribution in [0.2, 0.25) is 0 Å². The van der Waals surface area contributed by atoms with E-state index in [-0.39, 0.29) is 21.6 Å². The van der Waals surface area contributed by atoms with Gasteiger partial charge >= 0.3 is 5.51 Å². The van der Waals surface area contributed by atoms with Gasteiger partial charge in [-0.2, -0.15) is 13.2 Å². The number of likely N-dealkylation sites (tertiary alicyclic amines) is 1. The SMILES string of the molecule is CCCN1CC2CC(c3ccc(NS(=O)(=O)c4ccc(SC(F)(F)F)cc4)cc3)C2C1. The molecule has 4 nitrogen and oxygen atoms in total. The molecule has 31 heavy (non-hydrogen) atoms. The number of alkyl halides is 3. The van der Waals surface area contributed by atoms with Crippen molar-refractivity contribution in [2.24, 2.45) is 11.8 Å². The monoisotopic (exact) mass is 470 g/mol. The Morgan fingerprint density at radius 1 is 1.06 bits per heavy atom. The number of hydrogen-bond acceptors (Lipinski definition) is 4. The highest BCUT2D eigenvalue weighted by molar-refractivity contribution is 8.00. The van der Waals surface area contributed by atoms with Gasteiger partial charge in [0.1, 0.15) is 0 Å². The maximum atomic E-state index is 12.6. The van der Waals surface area contributed by atoms with E-state index in [4.69, 9.17) is 0 Å². The molecular formula is C22H25F3N2O2S2. The van der Waals surface area contributed by atoms with Gasteiger partial charge in [0.25, 0.3) is 10.0 Å². The molecule has 2 aliphatic rings. The minimum absolute atomic E-state index is 0.0565. The molecule has 3 unspecified atom stereocenters. The number of sulfonamides is 1. The normalized spacial score (nSPS) is 23.9. The van der Waals surface area contributed by atoms with Crippen LogP contribution in [0.25, 0.3) is 0 Å². The van der Waals surface area contributed by atoms with E-state index in [2.05, 4.69) is 16.5 Å². The number of anilines is 1. The van der Waals surface area contributed by atoms with E-state index in [1.807, 2.05) is 12.1 Å². The molecule has 2 aromatic rings. The summed E-state index contributed by atoms with van der Waals surface area (Å²) in [6.07, 6.45) is 2.35. The number of rotatable bonds is 7. The van der Waals surface area contributed by atoms with E-state index >= 15 is 0 Å². The summed E-state index contributed by atoms with van der Waals surface area (Å²) in [5.41, 5.74) is -2.74. The van der Waals surface area contributed by atoms with Crippen LogP contribution in [0.3, 0.4) is 0 Å². The first kappa shape index (κ1) is 22.5. The molecule has 9 heteroatoms. The molecule has 1 N–H and O–H groups in total. The van der Waals surface area contributed by atoms with Crippen molar-refractivity contribution < 1.29 is 21.6 Å². The summed E-state index contributed by atoms with van der Waals surface area (Å²) in [4.78, 5) is 2.40. The van der Waals surface area contributed by atoms with Gasteiger partial charge in [0.15, 0.2) is 0 Å². The molecule has 3 atom stereocenters. The number of fused-ring (bicyclic) bond motifs is 1. The second kappa shape index (κ2) is 8.67. The molecule has 1 aliphatic carbocycles. The lowest BCUT2D eigenvalue weighted by Gasteiger charge is -2.40. The van der Waals surface area contributed by atoms with Crippen LogP contribution in [-0.2, 0) is 10.0 Å². The minimum Gasteiger partial charge on any atom is -0.303 e. The second-order valence-electron chi connectivity index (χ2n) is 8.27. The summed E-state index contributed by atoms with van der Waals surface area (Å²) in [5, 5.41) is 0. The third-order valence-electron chi connectivity index (χ3n) is 6.14. The Balaban J connectivity index is 1.39. The van der Waals surface area contributed by atoms with Gasteiger partial charge < -0.3 is 4.90 Å². The summed E-state index contributed by atoms with van der Waals surface area (Å²) in [6, 6.07) is 12.1. The predicted octanol–water partition coefficient (Wildman–Crippen LogP) is 5.54. The fourth-order valence-electron chi connectivity index (χ4n) is 4.71. The first-order valence-corrected chi connectivity index (χ1v) is 12.7. The van der Waals surface area contributed by atoms with Crippen LogP contribution < -0.4 is 4.72 Å². The van der Waals surface area contributed by atoms with Crippen LogP contribution in [0.5, 0.6) is 0 Å². The molecule has 0 amide bonds. The molecule has 4 rings (SSSR count). The molecule has 0 radical (unpaired) electrons. The molecule has 168 valence electrons. The zero-order valence-electron chi connectivity index (χ0n) is 17.1. The summed E-state index contributed by atoms with van der Waals surface area (Å²) in [5.74, 6) is 1.98. The maximum Gasteiger partial charge on any atom is 0.446 e. The number of thioether (sulfide) groups is 1. The van der Waals surface area contributed by atoms with Crippen molar-refractivity contribution in [3.8, 4) is 0 Å². The Hall–Kier alpha value is -1.71. The third-order valence-corrected chi connectivity index (χ3v) is 8.28. The standard InChI is InChI=1S/C22H25F3N2O2S2/c1-2-11-27-13-16-12-20(21(16)14-27)15-3-5-17(6-4-15)26-31(28,29)19-9-7-18(8-10-19)30-22(23,24)25/h3-10,16,20-21,26H,2,11-14H2,1H3. The molecule has 2 fully saturated rings. The highest BCUT2D eigenvalue weighted by Gasteiger charge is 2.46. The minimum atomic E-state index is -4.41. The van der Waals surface area contributed by atoms with Gasteiger partial charge in [-0.25, -0.2) is 8.42 Å². The van der Waals surface area contributed by atoms with Gasteiger partial charge in [-0.1, -0.05) is 19.1 Å². The van der Waals surface area contributed by atoms with Crippen LogP contribution >= 0.6 is 11.8 Å². The molecule has 1 saturated heterocycles. The highest BCUT2D eigenvalue weighted by atomic mass is 32.2. The fourth-order valence-corrected chi connectivity index (χ4v) is 6.31. The van der Waals surface area contributed by atoms with E-state index in [1.54, 1.807) is 12.1 Å². The van der Waals surface area contributed by atoms with Crippen LogP contribution in [-0.4, -0.2) is 38.5 Å². The van der Waals surface area contributed by atoms with Crippen LogP contribution in [0.1, 0.15) is 31.2 Å². The quantitative estimate of drug-likeness (QED) is 0.540. The molecule has 2 aromatic carbocycles. The number of hydrogen-bond donors (Lipinski definition) is 1. The molecule has 1 saturated carbocycles. The summed E-state index contributed by atoms with van der Waals surface area (Å²) in [6.45, 7) is 5.68. The van der Waals surface area contributed by atoms with E-state index in [9.17, 15) is 21.6 Å². The van der Waals surface area contributed by atoms with Crippen molar-refractivity contribution in [1.29, 1.82) is 0 Å². The topological polar surface area (TPSA) is 49.4 Å². The molecule has 1 heterocycles. The smallest absolute Gasteiger partial charge is 0.303 e. The van der Waals surface area contributed by atoms with Crippen molar-refractivity contribution in [3.63, 3.8) is 0 Å². The zero-order chi connectivity index (χ0) is 22.2. The van der Waals surface area contributed by atoms with Crippen LogP contribution in [0.4, 0.5) is 18.9 Å². The predicted molar refractivity (Wildman–Crippen MR) is 117 cm³/mol. The number of benzene rings is 2. The Bertz CT molecular complexity index is 1010. The summed E-state index contributed by atoms with van der Waals surface area (Å²) in [7, 11) is -3.87. The summed E-state index contributed by atoms with van der Waals surface area (Å²) < 4.78 is 65.0. The molecule has 1 aliphatic heterocycles. The zero-order valence-corrected chi connectivity index (χ0v) is 18.7. The van der Waals surface area contributed by atoms with Crippen LogP contribution in [0, 0.1) is 11.8 Å². The lowest BCUT2D eigenvalue weighted by atomic mass is 9.64. The van der Waals surface area contributed by atoms with Gasteiger partial charge in [-0.05, 0) is 90.9 Å². The van der Waals surface area contributed by atoms with Gasteiger partial charge in [-0.15, -0.1) is 0 Å². The van der Waals surface area contributed by atoms with E-state index in [1.165, 1.54) is 37.1 Å². The molecule has 0 spiro atoms. The van der Waals surface area contributed by atoms with Gasteiger partial charge in [0, 0.05) is 23.7 Å². The largest absolute Gasteiger partial charge is 0.446 e. The number of nitrogens with zero attached hydrogens (tertiary/aromatic N) is 1. The van der Waals surface area contributed by atoms with Gasteiger partial charge in [0.05, 0.1) is 4.90 Å². The number of nitrogens with one attached hydrogen (secondary N) is 1. The van der Waals surface area contributed by atoms with Crippen molar-refractivity contribution in [2.75, 3.05) is 24.4 Å². The molecule has 0 bridgehead atoms. The molecular weight excluding hydrogens is 445 g/mol. The Labute approximate surface area is 185 Å². The highest BCUT2D eigenvalue weighted by Crippen LogP contribution is 2.51. The first-order valence-electron chi connectivity index (χ1n) is 10.4. The van der Waals surface area contributed by atoms with E-state index in [0.29, 0.717) is 17.5 Å². The van der Waals surface area contributed by atoms with E-state index < -0.39 is 15.5 Å². The summed E-state index contributed by atoms with van der Waals surface area (Å²) >= 11 is -0.273. The lowest BCUT2D eigenvalue weighted by molar-refractivity contribution is -0.0328. The van der Waals surface area contributed by atoms with Crippen molar-refractivity contribution >= 4 is 27.5 Å². The van der Waals surface area contributed by atoms with Crippen molar-refractivity contribution in [3.05, 3.63) is 54.1 Å². The van der Waals surface area contributed by atoms with E-state index in [0.717, 1.165) is 31.1 Å². The second-order valence-corrected chi connectivity index (χ2v) is 11.1. The lowest BCUT2D eigenvalue weighted by Crippen LogP contribution is -2.33. The van der Waals surface area contributed by atoms with Crippen LogP contribution in [0.15, 0.2) is 58.3 Å². The van der Waals surface area contributed by atoms with Gasteiger partial charge in [0.2, 0.25) is 0 Å². The Morgan fingerprint density at radius 3 is 2.35 bits per heavy atom.